The number of ether oxygens (including phenoxy) is 1. The number of amides is 2. The number of hydrogen-bond acceptors (Lipinski definition) is 6. The molecule has 2 N–H and O–H groups in total. The summed E-state index contributed by atoms with van der Waals surface area (Å²) >= 11 is 0. The summed E-state index contributed by atoms with van der Waals surface area (Å²) in [5.74, 6) is -1.59. The molecule has 0 aliphatic heterocycles. The molecule has 9 heteroatoms. The Morgan fingerprint density at radius 3 is 1.77 bits per heavy atom. The summed E-state index contributed by atoms with van der Waals surface area (Å²) in [6, 6.07) is 17.8. The lowest BCUT2D eigenvalue weighted by molar-refractivity contribution is -0.384. The molecule has 9 nitrogen and oxygen atoms in total. The number of non-ortho nitro benzene ring substituents is 1. The van der Waals surface area contributed by atoms with Crippen LogP contribution in [0.1, 0.15) is 31.1 Å². The van der Waals surface area contributed by atoms with Gasteiger partial charge in [0.05, 0.1) is 17.6 Å². The summed E-state index contributed by atoms with van der Waals surface area (Å²) in [6.07, 6.45) is 0. The van der Waals surface area contributed by atoms with Crippen LogP contribution in [-0.4, -0.2) is 29.8 Å². The van der Waals surface area contributed by atoms with E-state index in [4.69, 9.17) is 4.74 Å². The number of nitro groups is 1. The van der Waals surface area contributed by atoms with E-state index in [9.17, 15) is 24.5 Å². The molecule has 0 aromatic heterocycles. The third-order valence-electron chi connectivity index (χ3n) is 4.25. The van der Waals surface area contributed by atoms with Gasteiger partial charge in [-0.15, -0.1) is 0 Å². The van der Waals surface area contributed by atoms with E-state index in [0.717, 1.165) is 0 Å². The molecular weight excluding hydrogens is 402 g/mol. The van der Waals surface area contributed by atoms with E-state index in [-0.39, 0.29) is 28.2 Å². The standard InChI is InChI=1S/C22H17N3O6/c1-31-22(28)16-11-17(23-20(26)14-5-3-2-4-6-14)13-18(12-16)24-21(27)15-7-9-19(10-8-15)25(29)30/h2-13H,1H3,(H,23,26)(H,24,27). The Labute approximate surface area is 176 Å². The molecule has 0 saturated carbocycles. The Bertz CT molecular complexity index is 1140. The smallest absolute Gasteiger partial charge is 0.337 e. The number of esters is 1. The first-order valence-electron chi connectivity index (χ1n) is 9.03. The number of carbonyl (C=O) groups excluding carboxylic acids is 3. The highest BCUT2D eigenvalue weighted by Gasteiger charge is 2.15. The number of rotatable bonds is 6. The quantitative estimate of drug-likeness (QED) is 0.354. The number of nitrogens with zero attached hydrogens (tertiary/aromatic N) is 1. The number of benzene rings is 3. The van der Waals surface area contributed by atoms with Gasteiger partial charge in [-0.05, 0) is 42.5 Å². The van der Waals surface area contributed by atoms with Crippen molar-refractivity contribution in [3.05, 3.63) is 99.6 Å². The highest BCUT2D eigenvalue weighted by atomic mass is 16.6. The summed E-state index contributed by atoms with van der Waals surface area (Å²) in [6.45, 7) is 0. The SMILES string of the molecule is COC(=O)c1cc(NC(=O)c2ccccc2)cc(NC(=O)c2ccc([N+](=O)[O-])cc2)c1. The molecule has 3 rings (SSSR count). The van der Waals surface area contributed by atoms with Gasteiger partial charge in [0.25, 0.3) is 17.5 Å². The van der Waals surface area contributed by atoms with Gasteiger partial charge < -0.3 is 15.4 Å². The minimum Gasteiger partial charge on any atom is -0.465 e. The lowest BCUT2D eigenvalue weighted by atomic mass is 10.1. The fourth-order valence-corrected chi connectivity index (χ4v) is 2.74. The van der Waals surface area contributed by atoms with Crippen LogP contribution in [0, 0.1) is 10.1 Å². The summed E-state index contributed by atoms with van der Waals surface area (Å²) in [5.41, 5.74) is 1.08. The molecule has 2 amide bonds. The van der Waals surface area contributed by atoms with Crippen LogP contribution in [-0.2, 0) is 4.74 Å². The average Bonchev–Trinajstić information content (AvgIpc) is 2.78. The van der Waals surface area contributed by atoms with Crippen molar-refractivity contribution in [2.45, 2.75) is 0 Å². The Morgan fingerprint density at radius 2 is 1.29 bits per heavy atom. The van der Waals surface area contributed by atoms with Gasteiger partial charge >= 0.3 is 5.97 Å². The van der Waals surface area contributed by atoms with Crippen molar-refractivity contribution in [1.29, 1.82) is 0 Å². The maximum absolute atomic E-state index is 12.5. The largest absolute Gasteiger partial charge is 0.465 e. The van der Waals surface area contributed by atoms with Crippen molar-refractivity contribution in [3.63, 3.8) is 0 Å². The number of nitro benzene ring substituents is 1. The van der Waals surface area contributed by atoms with Crippen molar-refractivity contribution in [1.82, 2.24) is 0 Å². The number of hydrogen-bond donors (Lipinski definition) is 2. The van der Waals surface area contributed by atoms with Gasteiger partial charge in [-0.1, -0.05) is 18.2 Å². The van der Waals surface area contributed by atoms with Crippen molar-refractivity contribution < 1.29 is 24.0 Å². The fraction of sp³-hybridized carbons (Fsp3) is 0.0455. The van der Waals surface area contributed by atoms with E-state index < -0.39 is 22.7 Å². The van der Waals surface area contributed by atoms with Crippen molar-refractivity contribution >= 4 is 34.8 Å². The maximum Gasteiger partial charge on any atom is 0.337 e. The minimum atomic E-state index is -0.651. The Morgan fingerprint density at radius 1 is 0.774 bits per heavy atom. The summed E-state index contributed by atoms with van der Waals surface area (Å²) in [4.78, 5) is 47.2. The summed E-state index contributed by atoms with van der Waals surface area (Å²) in [5, 5.41) is 16.0. The molecule has 31 heavy (non-hydrogen) atoms. The predicted octanol–water partition coefficient (Wildman–Crippen LogP) is 3.89. The Kier molecular flexibility index (Phi) is 6.36. The van der Waals surface area contributed by atoms with Crippen LogP contribution in [0.15, 0.2) is 72.8 Å². The highest BCUT2D eigenvalue weighted by Crippen LogP contribution is 2.22. The molecule has 3 aromatic rings. The number of nitrogens with one attached hydrogen (secondary N) is 2. The molecule has 0 bridgehead atoms. The number of anilines is 2. The minimum absolute atomic E-state index is 0.118. The zero-order valence-corrected chi connectivity index (χ0v) is 16.3. The van der Waals surface area contributed by atoms with Crippen LogP contribution < -0.4 is 10.6 Å². The molecule has 0 spiro atoms. The molecule has 156 valence electrons. The highest BCUT2D eigenvalue weighted by molar-refractivity contribution is 6.07. The predicted molar refractivity (Wildman–Crippen MR) is 113 cm³/mol. The van der Waals surface area contributed by atoms with E-state index in [1.165, 1.54) is 49.6 Å². The molecule has 0 heterocycles. The molecule has 0 saturated heterocycles. The van der Waals surface area contributed by atoms with Gasteiger partial charge in [-0.2, -0.15) is 0 Å². The third-order valence-corrected chi connectivity index (χ3v) is 4.25. The molecule has 3 aromatic carbocycles. The number of carbonyl (C=O) groups is 3. The van der Waals surface area contributed by atoms with Crippen LogP contribution in [0.25, 0.3) is 0 Å². The molecule has 0 unspecified atom stereocenters. The van der Waals surface area contributed by atoms with E-state index in [1.807, 2.05) is 0 Å². The number of methoxy groups -OCH3 is 1. The van der Waals surface area contributed by atoms with E-state index >= 15 is 0 Å². The second kappa shape index (κ2) is 9.31. The topological polar surface area (TPSA) is 128 Å². The lowest BCUT2D eigenvalue weighted by Crippen LogP contribution is -2.15. The van der Waals surface area contributed by atoms with E-state index in [1.54, 1.807) is 30.3 Å². The molecule has 0 fully saturated rings. The first-order valence-corrected chi connectivity index (χ1v) is 9.03. The lowest BCUT2D eigenvalue weighted by Gasteiger charge is -2.11. The van der Waals surface area contributed by atoms with Crippen LogP contribution >= 0.6 is 0 Å². The zero-order valence-electron chi connectivity index (χ0n) is 16.3. The zero-order chi connectivity index (χ0) is 22.4. The maximum atomic E-state index is 12.5. The Balaban J connectivity index is 1.85. The first kappa shape index (κ1) is 21.2. The molecule has 0 radical (unpaired) electrons. The monoisotopic (exact) mass is 419 g/mol. The second-order valence-electron chi connectivity index (χ2n) is 6.37. The van der Waals surface area contributed by atoms with Gasteiger partial charge in [0.1, 0.15) is 0 Å². The first-order chi connectivity index (χ1) is 14.9. The van der Waals surface area contributed by atoms with Gasteiger partial charge in [-0.25, -0.2) is 4.79 Å². The van der Waals surface area contributed by atoms with E-state index in [2.05, 4.69) is 10.6 Å². The second-order valence-corrected chi connectivity index (χ2v) is 6.37. The third kappa shape index (κ3) is 5.30. The van der Waals surface area contributed by atoms with Crippen molar-refractivity contribution in [3.8, 4) is 0 Å². The van der Waals surface area contributed by atoms with Gasteiger partial charge in [0.15, 0.2) is 0 Å². The summed E-state index contributed by atoms with van der Waals surface area (Å²) < 4.78 is 4.73. The van der Waals surface area contributed by atoms with Crippen LogP contribution in [0.4, 0.5) is 17.1 Å². The summed E-state index contributed by atoms with van der Waals surface area (Å²) in [7, 11) is 1.21. The average molecular weight is 419 g/mol. The molecule has 0 atom stereocenters. The van der Waals surface area contributed by atoms with Crippen LogP contribution in [0.2, 0.25) is 0 Å². The van der Waals surface area contributed by atoms with Gasteiger partial charge in [-0.3, -0.25) is 19.7 Å². The molecular formula is C22H17N3O6. The van der Waals surface area contributed by atoms with Crippen molar-refractivity contribution in [2.24, 2.45) is 0 Å². The molecule has 0 aliphatic carbocycles. The Hall–Kier alpha value is -4.53. The normalized spacial score (nSPS) is 10.1. The van der Waals surface area contributed by atoms with E-state index in [0.29, 0.717) is 5.56 Å². The fourth-order valence-electron chi connectivity index (χ4n) is 2.74. The van der Waals surface area contributed by atoms with Crippen molar-refractivity contribution in [2.75, 3.05) is 17.7 Å². The van der Waals surface area contributed by atoms with Crippen LogP contribution in [0.5, 0.6) is 0 Å². The molecule has 0 aliphatic rings. The van der Waals surface area contributed by atoms with Gasteiger partial charge in [0, 0.05) is 34.6 Å². The van der Waals surface area contributed by atoms with Crippen LogP contribution in [0.3, 0.4) is 0 Å². The van der Waals surface area contributed by atoms with Gasteiger partial charge in [0.2, 0.25) is 0 Å².